The van der Waals surface area contributed by atoms with Gasteiger partial charge in [0.05, 0.1) is 5.69 Å². The Balaban J connectivity index is 2.12. The van der Waals surface area contributed by atoms with E-state index in [-0.39, 0.29) is 18.0 Å². The number of ether oxygens (including phenoxy) is 1. The zero-order valence-electron chi connectivity index (χ0n) is 15.8. The summed E-state index contributed by atoms with van der Waals surface area (Å²) in [5.41, 5.74) is 2.86. The Morgan fingerprint density at radius 2 is 1.93 bits per heavy atom. The number of aliphatic imine (C=N–C) groups is 1. The van der Waals surface area contributed by atoms with E-state index in [1.54, 1.807) is 24.0 Å². The van der Waals surface area contributed by atoms with Crippen LogP contribution in [-0.2, 0) is 23.7 Å². The highest BCUT2D eigenvalue weighted by Gasteiger charge is 2.63. The molecule has 0 amide bonds. The highest BCUT2D eigenvalue weighted by Crippen LogP contribution is 2.50. The van der Waals surface area contributed by atoms with Crippen molar-refractivity contribution in [2.75, 3.05) is 6.61 Å². The average molecular weight is 380 g/mol. The van der Waals surface area contributed by atoms with Gasteiger partial charge in [-0.2, -0.15) is 5.10 Å². The maximum absolute atomic E-state index is 15.4. The van der Waals surface area contributed by atoms with Crippen molar-refractivity contribution in [3.63, 3.8) is 0 Å². The number of nitrogens with zero attached hydrogens (tertiary/aromatic N) is 3. The predicted octanol–water partition coefficient (Wildman–Crippen LogP) is 3.17. The summed E-state index contributed by atoms with van der Waals surface area (Å²) in [4.78, 5) is 4.00. The lowest BCUT2D eigenvalue weighted by atomic mass is 9.77. The van der Waals surface area contributed by atoms with Gasteiger partial charge in [-0.15, -0.1) is 0 Å². The first-order valence-electron chi connectivity index (χ1n) is 8.60. The number of aryl methyl sites for hydroxylation is 1. The topological polar surface area (TPSA) is 65.4 Å². The molecule has 0 unspecified atom stereocenters. The van der Waals surface area contributed by atoms with E-state index in [1.165, 1.54) is 32.9 Å². The summed E-state index contributed by atoms with van der Waals surface area (Å²) in [5.74, 6) is -4.38. The fraction of sp³-hybridized carbons (Fsp3) is 0.474. The lowest BCUT2D eigenvalue weighted by molar-refractivity contribution is -0.214. The van der Waals surface area contributed by atoms with Gasteiger partial charge in [-0.3, -0.25) is 9.67 Å². The molecule has 1 atom stereocenters. The van der Waals surface area contributed by atoms with Crippen LogP contribution in [0, 0.1) is 5.82 Å². The quantitative estimate of drug-likeness (QED) is 0.890. The first kappa shape index (κ1) is 19.4. The Labute approximate surface area is 156 Å². The van der Waals surface area contributed by atoms with Crippen molar-refractivity contribution in [3.05, 3.63) is 53.1 Å². The molecule has 27 heavy (non-hydrogen) atoms. The SMILES string of the molecule is Cn1ccc(Cc2ccc(F)c([C@@]3(C)N=C(N)COC(C)(C)C3(F)F)c2)n1. The van der Waals surface area contributed by atoms with Gasteiger partial charge in [0, 0.05) is 25.2 Å². The molecule has 1 aliphatic rings. The zero-order valence-corrected chi connectivity index (χ0v) is 15.8. The van der Waals surface area contributed by atoms with Crippen LogP contribution < -0.4 is 5.73 Å². The van der Waals surface area contributed by atoms with E-state index in [2.05, 4.69) is 10.1 Å². The van der Waals surface area contributed by atoms with Crippen molar-refractivity contribution in [1.82, 2.24) is 9.78 Å². The standard InChI is InChI=1S/C19H23F3N4O/c1-17(2)19(21,22)18(3,24-16(23)11-27-17)14-10-12(5-6-15(14)20)9-13-7-8-26(4)25-13/h5-8,10H,9,11H2,1-4H3,(H2,23,24)/t18-/m1/s1. The van der Waals surface area contributed by atoms with Crippen LogP contribution in [0.2, 0.25) is 0 Å². The second kappa shape index (κ2) is 6.37. The Kier molecular flexibility index (Phi) is 4.58. The van der Waals surface area contributed by atoms with Crippen molar-refractivity contribution in [2.24, 2.45) is 17.8 Å². The Bertz CT molecular complexity index is 891. The van der Waals surface area contributed by atoms with Gasteiger partial charge in [0.1, 0.15) is 23.9 Å². The summed E-state index contributed by atoms with van der Waals surface area (Å²) < 4.78 is 52.4. The molecule has 2 aromatic rings. The summed E-state index contributed by atoms with van der Waals surface area (Å²) >= 11 is 0. The number of hydrogen-bond donors (Lipinski definition) is 1. The van der Waals surface area contributed by atoms with Crippen LogP contribution in [-0.4, -0.2) is 33.7 Å². The van der Waals surface area contributed by atoms with Crippen molar-refractivity contribution in [3.8, 4) is 0 Å². The number of hydrogen-bond acceptors (Lipinski definition) is 4. The second-order valence-corrected chi connectivity index (χ2v) is 7.52. The molecular weight excluding hydrogens is 357 g/mol. The normalized spacial score (nSPS) is 24.3. The van der Waals surface area contributed by atoms with E-state index in [9.17, 15) is 4.39 Å². The van der Waals surface area contributed by atoms with Crippen LogP contribution >= 0.6 is 0 Å². The van der Waals surface area contributed by atoms with E-state index in [0.29, 0.717) is 12.0 Å². The summed E-state index contributed by atoms with van der Waals surface area (Å²) in [5, 5.41) is 4.27. The summed E-state index contributed by atoms with van der Waals surface area (Å²) in [6.45, 7) is 3.47. The molecule has 0 spiro atoms. The highest BCUT2D eigenvalue weighted by atomic mass is 19.3. The van der Waals surface area contributed by atoms with Crippen LogP contribution in [0.1, 0.15) is 37.6 Å². The Morgan fingerprint density at radius 3 is 2.56 bits per heavy atom. The molecule has 0 fully saturated rings. The van der Waals surface area contributed by atoms with Gasteiger partial charge >= 0.3 is 5.92 Å². The van der Waals surface area contributed by atoms with E-state index >= 15 is 8.78 Å². The highest BCUT2D eigenvalue weighted by molar-refractivity contribution is 5.82. The zero-order chi connectivity index (χ0) is 20.0. The number of benzene rings is 1. The van der Waals surface area contributed by atoms with Gasteiger partial charge in [-0.05, 0) is 44.5 Å². The van der Waals surface area contributed by atoms with Gasteiger partial charge < -0.3 is 10.5 Å². The number of aromatic nitrogens is 2. The fourth-order valence-corrected chi connectivity index (χ4v) is 3.37. The molecule has 0 aliphatic carbocycles. The summed E-state index contributed by atoms with van der Waals surface area (Å²) in [6, 6.07) is 5.97. The van der Waals surface area contributed by atoms with Crippen molar-refractivity contribution >= 4 is 5.84 Å². The minimum atomic E-state index is -3.51. The molecule has 0 saturated heterocycles. The largest absolute Gasteiger partial charge is 0.385 e. The first-order chi connectivity index (χ1) is 12.5. The first-order valence-corrected chi connectivity index (χ1v) is 8.60. The molecule has 5 nitrogen and oxygen atoms in total. The molecule has 0 radical (unpaired) electrons. The van der Waals surface area contributed by atoms with Crippen LogP contribution in [0.25, 0.3) is 0 Å². The van der Waals surface area contributed by atoms with Crippen LogP contribution in [0.4, 0.5) is 13.2 Å². The van der Waals surface area contributed by atoms with Crippen molar-refractivity contribution in [1.29, 1.82) is 0 Å². The molecule has 146 valence electrons. The maximum Gasteiger partial charge on any atom is 0.304 e. The molecule has 1 aliphatic heterocycles. The van der Waals surface area contributed by atoms with Crippen molar-refractivity contribution in [2.45, 2.75) is 44.3 Å². The number of nitrogens with two attached hydrogens (primary N) is 1. The smallest absolute Gasteiger partial charge is 0.304 e. The van der Waals surface area contributed by atoms with E-state index in [1.807, 2.05) is 6.07 Å². The number of amidine groups is 1. The summed E-state index contributed by atoms with van der Waals surface area (Å²) in [7, 11) is 1.78. The lowest BCUT2D eigenvalue weighted by Gasteiger charge is -2.42. The van der Waals surface area contributed by atoms with E-state index < -0.39 is 22.9 Å². The van der Waals surface area contributed by atoms with E-state index in [0.717, 1.165) is 5.69 Å². The molecule has 1 aromatic carbocycles. The maximum atomic E-state index is 15.4. The fourth-order valence-electron chi connectivity index (χ4n) is 3.37. The van der Waals surface area contributed by atoms with Gasteiger partial charge in [0.15, 0.2) is 5.54 Å². The van der Waals surface area contributed by atoms with Gasteiger partial charge in [0.2, 0.25) is 0 Å². The van der Waals surface area contributed by atoms with E-state index in [4.69, 9.17) is 10.5 Å². The van der Waals surface area contributed by atoms with Crippen LogP contribution in [0.3, 0.4) is 0 Å². The Morgan fingerprint density at radius 1 is 1.22 bits per heavy atom. The van der Waals surface area contributed by atoms with Gasteiger partial charge in [-0.25, -0.2) is 13.2 Å². The van der Waals surface area contributed by atoms with Crippen LogP contribution in [0.5, 0.6) is 0 Å². The molecule has 2 heterocycles. The lowest BCUT2D eigenvalue weighted by Crippen LogP contribution is -2.56. The number of rotatable bonds is 3. The van der Waals surface area contributed by atoms with Gasteiger partial charge in [0.25, 0.3) is 0 Å². The third-order valence-electron chi connectivity index (χ3n) is 5.02. The third-order valence-corrected chi connectivity index (χ3v) is 5.02. The summed E-state index contributed by atoms with van der Waals surface area (Å²) in [6.07, 6.45) is 2.17. The van der Waals surface area contributed by atoms with Crippen molar-refractivity contribution < 1.29 is 17.9 Å². The minimum Gasteiger partial charge on any atom is -0.385 e. The molecule has 3 rings (SSSR count). The monoisotopic (exact) mass is 380 g/mol. The van der Waals surface area contributed by atoms with Gasteiger partial charge in [-0.1, -0.05) is 6.07 Å². The predicted molar refractivity (Wildman–Crippen MR) is 96.4 cm³/mol. The average Bonchev–Trinajstić information content (AvgIpc) is 2.96. The minimum absolute atomic E-state index is 0.0997. The second-order valence-electron chi connectivity index (χ2n) is 7.52. The molecule has 0 saturated carbocycles. The molecular formula is C19H23F3N4O. The number of alkyl halides is 2. The number of halogens is 3. The molecule has 2 N–H and O–H groups in total. The Hall–Kier alpha value is -2.35. The molecule has 0 bridgehead atoms. The molecule has 1 aromatic heterocycles. The third kappa shape index (κ3) is 3.22. The molecule has 8 heteroatoms. The van der Waals surface area contributed by atoms with Crippen LogP contribution in [0.15, 0.2) is 35.5 Å².